The second-order valence-electron chi connectivity index (χ2n) is 5.49. The Kier molecular flexibility index (Phi) is 7.00. The first kappa shape index (κ1) is 18.2. The van der Waals surface area contributed by atoms with Crippen LogP contribution in [0.3, 0.4) is 0 Å². The number of ether oxygens (including phenoxy) is 1. The summed E-state index contributed by atoms with van der Waals surface area (Å²) in [5, 5.41) is 2.78. The molecule has 2 rings (SSSR count). The molecule has 5 heteroatoms. The van der Waals surface area contributed by atoms with Gasteiger partial charge in [0.1, 0.15) is 0 Å². The van der Waals surface area contributed by atoms with Crippen LogP contribution in [-0.2, 0) is 20.7 Å². The molecule has 126 valence electrons. The minimum atomic E-state index is -0.357. The van der Waals surface area contributed by atoms with E-state index >= 15 is 0 Å². The third-order valence-electron chi connectivity index (χ3n) is 3.45. The maximum Gasteiger partial charge on any atom is 0.306 e. The van der Waals surface area contributed by atoms with E-state index in [0.29, 0.717) is 18.7 Å². The number of carbonyl (C=O) groups is 2. The minimum Gasteiger partial charge on any atom is -0.465 e. The number of esters is 1. The SMILES string of the molecule is Cc1ccc(NC(=O)CCC(=O)OCCc2ccccc2)c(Br)c1. The predicted molar refractivity (Wildman–Crippen MR) is 97.8 cm³/mol. The molecule has 0 heterocycles. The molecule has 0 aliphatic carbocycles. The Labute approximate surface area is 150 Å². The van der Waals surface area contributed by atoms with Gasteiger partial charge in [0.05, 0.1) is 18.7 Å². The Morgan fingerprint density at radius 2 is 1.83 bits per heavy atom. The van der Waals surface area contributed by atoms with E-state index in [-0.39, 0.29) is 24.7 Å². The minimum absolute atomic E-state index is 0.0735. The number of carbonyl (C=O) groups excluding carboxylic acids is 2. The Morgan fingerprint density at radius 3 is 2.54 bits per heavy atom. The Hall–Kier alpha value is -2.14. The van der Waals surface area contributed by atoms with E-state index in [2.05, 4.69) is 21.2 Å². The van der Waals surface area contributed by atoms with Gasteiger partial charge in [0.15, 0.2) is 0 Å². The van der Waals surface area contributed by atoms with Crippen molar-refractivity contribution in [3.63, 3.8) is 0 Å². The molecule has 0 bridgehead atoms. The van der Waals surface area contributed by atoms with Crippen molar-refractivity contribution in [3.8, 4) is 0 Å². The van der Waals surface area contributed by atoms with Crippen molar-refractivity contribution in [2.24, 2.45) is 0 Å². The predicted octanol–water partition coefficient (Wildman–Crippen LogP) is 4.26. The molecule has 0 unspecified atom stereocenters. The first-order valence-electron chi connectivity index (χ1n) is 7.80. The lowest BCUT2D eigenvalue weighted by molar-refractivity contribution is -0.144. The third kappa shape index (κ3) is 6.16. The van der Waals surface area contributed by atoms with Crippen LogP contribution in [0, 0.1) is 6.92 Å². The summed E-state index contributed by atoms with van der Waals surface area (Å²) in [6.45, 7) is 2.30. The maximum absolute atomic E-state index is 11.9. The highest BCUT2D eigenvalue weighted by Gasteiger charge is 2.10. The summed E-state index contributed by atoms with van der Waals surface area (Å²) in [5.41, 5.74) is 2.91. The summed E-state index contributed by atoms with van der Waals surface area (Å²) in [4.78, 5) is 23.6. The highest BCUT2D eigenvalue weighted by molar-refractivity contribution is 9.10. The van der Waals surface area contributed by atoms with Crippen LogP contribution in [0.1, 0.15) is 24.0 Å². The van der Waals surface area contributed by atoms with Crippen LogP contribution in [0.5, 0.6) is 0 Å². The molecule has 1 amide bonds. The highest BCUT2D eigenvalue weighted by Crippen LogP contribution is 2.23. The lowest BCUT2D eigenvalue weighted by Gasteiger charge is -2.08. The Morgan fingerprint density at radius 1 is 1.08 bits per heavy atom. The Bertz CT molecular complexity index is 701. The van der Waals surface area contributed by atoms with Crippen LogP contribution >= 0.6 is 15.9 Å². The Balaban J connectivity index is 1.68. The van der Waals surface area contributed by atoms with E-state index in [0.717, 1.165) is 15.6 Å². The lowest BCUT2D eigenvalue weighted by Crippen LogP contribution is -2.15. The number of amides is 1. The molecule has 4 nitrogen and oxygen atoms in total. The van der Waals surface area contributed by atoms with E-state index in [4.69, 9.17) is 4.74 Å². The van der Waals surface area contributed by atoms with Crippen LogP contribution in [0.15, 0.2) is 53.0 Å². The fourth-order valence-electron chi connectivity index (χ4n) is 2.15. The van der Waals surface area contributed by atoms with Gasteiger partial charge in [-0.05, 0) is 46.1 Å². The number of anilines is 1. The molecule has 0 atom stereocenters. The molecule has 1 N–H and O–H groups in total. The average Bonchev–Trinajstić information content (AvgIpc) is 2.56. The summed E-state index contributed by atoms with van der Waals surface area (Å²) < 4.78 is 5.98. The van der Waals surface area contributed by atoms with E-state index in [9.17, 15) is 9.59 Å². The maximum atomic E-state index is 11.9. The number of rotatable bonds is 7. The van der Waals surface area contributed by atoms with Gasteiger partial charge < -0.3 is 10.1 Å². The van der Waals surface area contributed by atoms with E-state index in [1.807, 2.05) is 55.5 Å². The fraction of sp³-hybridized carbons (Fsp3) is 0.263. The molecule has 0 aliphatic rings. The standard InChI is InChI=1S/C19H20BrNO3/c1-14-7-8-17(16(20)13-14)21-18(22)9-10-19(23)24-12-11-15-5-3-2-4-6-15/h2-8,13H,9-12H2,1H3,(H,21,22). The zero-order chi connectivity index (χ0) is 17.4. The molecule has 0 aromatic heterocycles. The summed E-state index contributed by atoms with van der Waals surface area (Å²) >= 11 is 3.41. The number of aryl methyl sites for hydroxylation is 1. The smallest absolute Gasteiger partial charge is 0.306 e. The molecule has 24 heavy (non-hydrogen) atoms. The molecule has 0 saturated heterocycles. The lowest BCUT2D eigenvalue weighted by atomic mass is 10.2. The van der Waals surface area contributed by atoms with Gasteiger partial charge in [0.25, 0.3) is 0 Å². The quantitative estimate of drug-likeness (QED) is 0.719. The van der Waals surface area contributed by atoms with Crippen LogP contribution < -0.4 is 5.32 Å². The van der Waals surface area contributed by atoms with Gasteiger partial charge in [-0.25, -0.2) is 0 Å². The van der Waals surface area contributed by atoms with Crippen molar-refractivity contribution in [3.05, 3.63) is 64.1 Å². The normalized spacial score (nSPS) is 10.2. The van der Waals surface area contributed by atoms with Gasteiger partial charge in [-0.3, -0.25) is 9.59 Å². The van der Waals surface area contributed by atoms with Gasteiger partial charge in [-0.2, -0.15) is 0 Å². The topological polar surface area (TPSA) is 55.4 Å². The van der Waals surface area contributed by atoms with Gasteiger partial charge in [-0.15, -0.1) is 0 Å². The summed E-state index contributed by atoms with van der Waals surface area (Å²) in [6.07, 6.45) is 0.851. The molecule has 0 radical (unpaired) electrons. The van der Waals surface area contributed by atoms with Gasteiger partial charge >= 0.3 is 5.97 Å². The van der Waals surface area contributed by atoms with Crippen molar-refractivity contribution in [1.82, 2.24) is 0 Å². The first-order chi connectivity index (χ1) is 11.5. The van der Waals surface area contributed by atoms with Crippen LogP contribution in [-0.4, -0.2) is 18.5 Å². The number of halogens is 1. The molecular formula is C19H20BrNO3. The van der Waals surface area contributed by atoms with E-state index in [1.54, 1.807) is 0 Å². The molecule has 2 aromatic rings. The van der Waals surface area contributed by atoms with Crippen molar-refractivity contribution < 1.29 is 14.3 Å². The zero-order valence-electron chi connectivity index (χ0n) is 13.5. The largest absolute Gasteiger partial charge is 0.465 e. The third-order valence-corrected chi connectivity index (χ3v) is 4.11. The van der Waals surface area contributed by atoms with Crippen molar-refractivity contribution in [2.75, 3.05) is 11.9 Å². The second kappa shape index (κ2) is 9.23. The highest BCUT2D eigenvalue weighted by atomic mass is 79.9. The number of benzene rings is 2. The van der Waals surface area contributed by atoms with Gasteiger partial charge in [-0.1, -0.05) is 36.4 Å². The molecule has 0 fully saturated rings. The van der Waals surface area contributed by atoms with Crippen LogP contribution in [0.4, 0.5) is 5.69 Å². The number of nitrogens with one attached hydrogen (secondary N) is 1. The molecule has 0 aliphatic heterocycles. The van der Waals surface area contributed by atoms with Crippen LogP contribution in [0.25, 0.3) is 0 Å². The summed E-state index contributed by atoms with van der Waals surface area (Å²) in [7, 11) is 0. The van der Waals surface area contributed by atoms with E-state index < -0.39 is 0 Å². The zero-order valence-corrected chi connectivity index (χ0v) is 15.1. The molecule has 0 saturated carbocycles. The van der Waals surface area contributed by atoms with E-state index in [1.165, 1.54) is 0 Å². The average molecular weight is 390 g/mol. The van der Waals surface area contributed by atoms with Gasteiger partial charge in [0, 0.05) is 17.3 Å². The number of hydrogen-bond donors (Lipinski definition) is 1. The summed E-state index contributed by atoms with van der Waals surface area (Å²) in [5.74, 6) is -0.566. The monoisotopic (exact) mass is 389 g/mol. The van der Waals surface area contributed by atoms with Gasteiger partial charge in [0.2, 0.25) is 5.91 Å². The first-order valence-corrected chi connectivity index (χ1v) is 8.59. The van der Waals surface area contributed by atoms with Crippen molar-refractivity contribution >= 4 is 33.5 Å². The van der Waals surface area contributed by atoms with Crippen LogP contribution in [0.2, 0.25) is 0 Å². The molecule has 2 aromatic carbocycles. The second-order valence-corrected chi connectivity index (χ2v) is 6.34. The molecule has 0 spiro atoms. The summed E-state index contributed by atoms with van der Waals surface area (Å²) in [6, 6.07) is 15.5. The fourth-order valence-corrected chi connectivity index (χ4v) is 2.74. The van der Waals surface area contributed by atoms with Crippen molar-refractivity contribution in [1.29, 1.82) is 0 Å². The molecular weight excluding hydrogens is 370 g/mol. The number of hydrogen-bond acceptors (Lipinski definition) is 3. The van der Waals surface area contributed by atoms with Crippen molar-refractivity contribution in [2.45, 2.75) is 26.2 Å².